The lowest BCUT2D eigenvalue weighted by Gasteiger charge is -2.37. The second-order valence-electron chi connectivity index (χ2n) is 12.0. The summed E-state index contributed by atoms with van der Waals surface area (Å²) in [4.78, 5) is 54.6. The Hall–Kier alpha value is -4.18. The molecule has 2 heterocycles. The van der Waals surface area contributed by atoms with Gasteiger partial charge >= 0.3 is 12.1 Å². The van der Waals surface area contributed by atoms with Crippen LogP contribution in [0.4, 0.5) is 4.79 Å². The third-order valence-electron chi connectivity index (χ3n) is 8.87. The van der Waals surface area contributed by atoms with E-state index in [0.717, 1.165) is 29.5 Å². The number of benzene rings is 2. The molecule has 5 rings (SSSR count). The van der Waals surface area contributed by atoms with Gasteiger partial charge in [-0.2, -0.15) is 0 Å². The number of aliphatic hydroxyl groups excluding tert-OH is 1. The van der Waals surface area contributed by atoms with Gasteiger partial charge in [0.1, 0.15) is 19.3 Å². The number of aliphatic hydroxyl groups is 1. The van der Waals surface area contributed by atoms with Crippen molar-refractivity contribution >= 4 is 23.9 Å². The molecule has 3 atom stereocenters. The van der Waals surface area contributed by atoms with E-state index in [-0.39, 0.29) is 56.9 Å². The molecule has 0 radical (unpaired) electrons. The summed E-state index contributed by atoms with van der Waals surface area (Å²) in [5, 5.41) is 15.8. The van der Waals surface area contributed by atoms with Crippen molar-refractivity contribution in [3.8, 4) is 0 Å². The van der Waals surface area contributed by atoms with Crippen molar-refractivity contribution in [2.24, 2.45) is 5.92 Å². The third kappa shape index (κ3) is 7.85. The standard InChI is InChI=1S/C34H41N3O7/c38-21-28-18-25-12-4-5-14-27(25)20-37(28)30(39)19-26-13-6-7-15-29(35-33(42)43-22-24-10-2-1-3-11-24)32(41)44-23-34(36-31(26)40)16-8-9-17-34/h1-7,10-12,14,26,28-29,38H,8-9,13,15-23H2,(H,35,42)(H,36,40). The average molecular weight is 604 g/mol. The Morgan fingerprint density at radius 2 is 1.70 bits per heavy atom. The highest BCUT2D eigenvalue weighted by Gasteiger charge is 2.40. The Morgan fingerprint density at radius 1 is 1.00 bits per heavy atom. The summed E-state index contributed by atoms with van der Waals surface area (Å²) in [6.07, 6.45) is 6.77. The summed E-state index contributed by atoms with van der Waals surface area (Å²) in [5.41, 5.74) is 2.25. The molecule has 1 saturated carbocycles. The van der Waals surface area contributed by atoms with Crippen molar-refractivity contribution in [1.82, 2.24) is 15.5 Å². The van der Waals surface area contributed by atoms with E-state index in [1.54, 1.807) is 17.1 Å². The molecular formula is C34H41N3O7. The predicted octanol–water partition coefficient (Wildman–Crippen LogP) is 3.56. The summed E-state index contributed by atoms with van der Waals surface area (Å²) < 4.78 is 11.0. The molecule has 1 fully saturated rings. The van der Waals surface area contributed by atoms with Crippen molar-refractivity contribution in [3.05, 3.63) is 83.4 Å². The number of carbonyl (C=O) groups is 4. The molecule has 3 unspecified atom stereocenters. The zero-order valence-corrected chi connectivity index (χ0v) is 24.9. The molecule has 44 heavy (non-hydrogen) atoms. The number of nitrogens with zero attached hydrogens (tertiary/aromatic N) is 1. The number of amides is 3. The summed E-state index contributed by atoms with van der Waals surface area (Å²) in [5.74, 6) is -1.69. The second-order valence-corrected chi connectivity index (χ2v) is 12.0. The fourth-order valence-corrected chi connectivity index (χ4v) is 6.30. The minimum atomic E-state index is -0.970. The number of rotatable bonds is 6. The van der Waals surface area contributed by atoms with E-state index in [9.17, 15) is 24.3 Å². The first kappa shape index (κ1) is 31.3. The van der Waals surface area contributed by atoms with Crippen LogP contribution in [0.15, 0.2) is 66.7 Å². The van der Waals surface area contributed by atoms with Crippen LogP contribution in [-0.4, -0.2) is 64.7 Å². The maximum Gasteiger partial charge on any atom is 0.408 e. The van der Waals surface area contributed by atoms with Gasteiger partial charge in [-0.15, -0.1) is 0 Å². The minimum Gasteiger partial charge on any atom is -0.462 e. The number of alkyl carbamates (subject to hydrolysis) is 1. The van der Waals surface area contributed by atoms with Crippen molar-refractivity contribution in [1.29, 1.82) is 0 Å². The lowest BCUT2D eigenvalue weighted by atomic mass is 9.91. The third-order valence-corrected chi connectivity index (χ3v) is 8.87. The zero-order chi connectivity index (χ0) is 30.9. The molecule has 1 aliphatic carbocycles. The number of hydrogen-bond donors (Lipinski definition) is 3. The SMILES string of the molecule is O=C(NC1CC=CCC(CC(=O)N2Cc3ccccc3CC2CO)C(=O)NC2(CCCC2)COC1=O)OCc1ccccc1. The van der Waals surface area contributed by atoms with Crippen LogP contribution in [-0.2, 0) is 43.4 Å². The Balaban J connectivity index is 1.28. The molecule has 10 heteroatoms. The Labute approximate surface area is 257 Å². The van der Waals surface area contributed by atoms with E-state index in [2.05, 4.69) is 10.6 Å². The van der Waals surface area contributed by atoms with Crippen LogP contribution in [0.1, 0.15) is 61.6 Å². The Bertz CT molecular complexity index is 1360. The molecule has 0 aromatic heterocycles. The average Bonchev–Trinajstić information content (AvgIpc) is 3.51. The van der Waals surface area contributed by atoms with E-state index in [0.29, 0.717) is 25.8 Å². The number of hydrogen-bond acceptors (Lipinski definition) is 7. The van der Waals surface area contributed by atoms with Gasteiger partial charge in [0.05, 0.1) is 24.1 Å². The van der Waals surface area contributed by atoms with Gasteiger partial charge in [-0.1, -0.05) is 79.6 Å². The Kier molecular flexibility index (Phi) is 10.3. The highest BCUT2D eigenvalue weighted by atomic mass is 16.6. The summed E-state index contributed by atoms with van der Waals surface area (Å²) in [6.45, 7) is 0.273. The first-order valence-corrected chi connectivity index (χ1v) is 15.4. The summed E-state index contributed by atoms with van der Waals surface area (Å²) in [6, 6.07) is 15.8. The number of cyclic esters (lactones) is 1. The monoisotopic (exact) mass is 603 g/mol. The van der Waals surface area contributed by atoms with E-state index >= 15 is 0 Å². The molecule has 3 N–H and O–H groups in total. The fraction of sp³-hybridized carbons (Fsp3) is 0.471. The molecule has 234 valence electrons. The summed E-state index contributed by atoms with van der Waals surface area (Å²) >= 11 is 0. The number of esters is 1. The van der Waals surface area contributed by atoms with Gasteiger partial charge in [-0.3, -0.25) is 9.59 Å². The van der Waals surface area contributed by atoms with Crippen LogP contribution in [0.5, 0.6) is 0 Å². The van der Waals surface area contributed by atoms with Crippen molar-refractivity contribution in [2.45, 2.75) is 82.1 Å². The highest BCUT2D eigenvalue weighted by Crippen LogP contribution is 2.32. The molecule has 3 amide bonds. The van der Waals surface area contributed by atoms with E-state index in [1.807, 2.05) is 54.6 Å². The maximum atomic E-state index is 13.7. The van der Waals surface area contributed by atoms with Gasteiger partial charge in [0.15, 0.2) is 0 Å². The molecule has 2 aromatic carbocycles. The minimum absolute atomic E-state index is 0.0157. The van der Waals surface area contributed by atoms with Gasteiger partial charge in [0.2, 0.25) is 11.8 Å². The highest BCUT2D eigenvalue weighted by molar-refractivity contribution is 5.87. The first-order chi connectivity index (χ1) is 21.4. The number of nitrogens with one attached hydrogen (secondary N) is 2. The van der Waals surface area contributed by atoms with Crippen LogP contribution in [0, 0.1) is 5.92 Å². The number of fused-ring (bicyclic) bond motifs is 1. The zero-order valence-electron chi connectivity index (χ0n) is 24.9. The first-order valence-electron chi connectivity index (χ1n) is 15.4. The molecule has 2 aromatic rings. The van der Waals surface area contributed by atoms with Crippen LogP contribution < -0.4 is 10.6 Å². The Morgan fingerprint density at radius 3 is 2.45 bits per heavy atom. The van der Waals surface area contributed by atoms with E-state index < -0.39 is 29.6 Å². The largest absolute Gasteiger partial charge is 0.462 e. The molecule has 3 aliphatic rings. The van der Waals surface area contributed by atoms with Crippen LogP contribution in [0.3, 0.4) is 0 Å². The number of allylic oxidation sites excluding steroid dienone is 1. The van der Waals surface area contributed by atoms with Crippen molar-refractivity contribution < 1.29 is 33.8 Å². The van der Waals surface area contributed by atoms with Crippen LogP contribution >= 0.6 is 0 Å². The fourth-order valence-electron chi connectivity index (χ4n) is 6.30. The normalized spacial score (nSPS) is 23.5. The maximum absolute atomic E-state index is 13.7. The van der Waals surface area contributed by atoms with E-state index in [1.165, 1.54) is 0 Å². The lowest BCUT2D eigenvalue weighted by molar-refractivity contribution is -0.149. The molecule has 10 nitrogen and oxygen atoms in total. The van der Waals surface area contributed by atoms with Gasteiger partial charge < -0.3 is 30.1 Å². The molecule has 2 aliphatic heterocycles. The van der Waals surface area contributed by atoms with Gasteiger partial charge in [-0.05, 0) is 48.8 Å². The predicted molar refractivity (Wildman–Crippen MR) is 162 cm³/mol. The molecule has 1 spiro atoms. The van der Waals surface area contributed by atoms with Crippen molar-refractivity contribution in [2.75, 3.05) is 13.2 Å². The van der Waals surface area contributed by atoms with Gasteiger partial charge in [0.25, 0.3) is 0 Å². The van der Waals surface area contributed by atoms with Crippen LogP contribution in [0.2, 0.25) is 0 Å². The van der Waals surface area contributed by atoms with Gasteiger partial charge in [0, 0.05) is 13.0 Å². The van der Waals surface area contributed by atoms with E-state index in [4.69, 9.17) is 9.47 Å². The summed E-state index contributed by atoms with van der Waals surface area (Å²) in [7, 11) is 0. The molecular weight excluding hydrogens is 562 g/mol. The molecule has 0 saturated heterocycles. The van der Waals surface area contributed by atoms with Crippen molar-refractivity contribution in [3.63, 3.8) is 0 Å². The number of ether oxygens (including phenoxy) is 2. The molecule has 0 bridgehead atoms. The lowest BCUT2D eigenvalue weighted by Crippen LogP contribution is -2.54. The number of carbonyl (C=O) groups excluding carboxylic acids is 4. The second kappa shape index (κ2) is 14.5. The topological polar surface area (TPSA) is 134 Å². The quantitative estimate of drug-likeness (QED) is 0.340. The smallest absolute Gasteiger partial charge is 0.408 e. The van der Waals surface area contributed by atoms with Gasteiger partial charge in [-0.25, -0.2) is 9.59 Å². The van der Waals surface area contributed by atoms with Crippen LogP contribution in [0.25, 0.3) is 0 Å².